The molecule has 0 unspecified atom stereocenters. The zero-order valence-corrected chi connectivity index (χ0v) is 14.8. The van der Waals surface area contributed by atoms with Crippen molar-refractivity contribution >= 4 is 34.6 Å². The first-order chi connectivity index (χ1) is 13.0. The van der Waals surface area contributed by atoms with E-state index in [4.69, 9.17) is 5.73 Å². The van der Waals surface area contributed by atoms with Gasteiger partial charge in [0, 0.05) is 40.9 Å². The highest BCUT2D eigenvalue weighted by Gasteiger charge is 2.10. The minimum Gasteiger partial charge on any atom is -0.399 e. The van der Waals surface area contributed by atoms with Crippen LogP contribution in [0.3, 0.4) is 0 Å². The van der Waals surface area contributed by atoms with E-state index >= 15 is 0 Å². The Morgan fingerprint density at radius 2 is 1.00 bits per heavy atom. The molecule has 0 aliphatic carbocycles. The molecule has 0 aliphatic rings. The van der Waals surface area contributed by atoms with Gasteiger partial charge in [0.15, 0.2) is 0 Å². The number of carbonyl (C=O) groups is 2. The van der Waals surface area contributed by atoms with Crippen LogP contribution in [0.15, 0.2) is 72.8 Å². The molecule has 0 saturated heterocycles. The number of amides is 2. The van der Waals surface area contributed by atoms with Crippen LogP contribution in [0.25, 0.3) is 0 Å². The van der Waals surface area contributed by atoms with Gasteiger partial charge >= 0.3 is 0 Å². The van der Waals surface area contributed by atoms with Gasteiger partial charge < -0.3 is 21.7 Å². The largest absolute Gasteiger partial charge is 0.399 e. The maximum Gasteiger partial charge on any atom is 0.255 e. The third-order valence-electron chi connectivity index (χ3n) is 4.01. The first-order valence-corrected chi connectivity index (χ1v) is 8.41. The van der Waals surface area contributed by atoms with Crippen LogP contribution in [0.2, 0.25) is 0 Å². The highest BCUT2D eigenvalue weighted by Crippen LogP contribution is 2.15. The van der Waals surface area contributed by atoms with E-state index in [0.29, 0.717) is 28.2 Å². The van der Waals surface area contributed by atoms with Gasteiger partial charge in [0.2, 0.25) is 0 Å². The summed E-state index contributed by atoms with van der Waals surface area (Å²) in [5.74, 6) is -0.493. The molecule has 6 nitrogen and oxygen atoms in total. The fraction of sp³-hybridized carbons (Fsp3) is 0.0476. The second-order valence-electron chi connectivity index (χ2n) is 5.93. The van der Waals surface area contributed by atoms with Crippen LogP contribution in [-0.2, 0) is 0 Å². The number of nitrogen functional groups attached to an aromatic ring is 1. The summed E-state index contributed by atoms with van der Waals surface area (Å²) in [5.41, 5.74) is 9.50. The summed E-state index contributed by atoms with van der Waals surface area (Å²) in [4.78, 5) is 24.6. The molecular formula is C21H20N4O2. The minimum atomic E-state index is -0.255. The van der Waals surface area contributed by atoms with Gasteiger partial charge in [0.1, 0.15) is 0 Å². The van der Waals surface area contributed by atoms with E-state index < -0.39 is 0 Å². The lowest BCUT2D eigenvalue weighted by Gasteiger charge is -2.08. The van der Waals surface area contributed by atoms with Crippen molar-refractivity contribution in [2.24, 2.45) is 0 Å². The van der Waals surface area contributed by atoms with Crippen molar-refractivity contribution in [2.75, 3.05) is 28.7 Å². The van der Waals surface area contributed by atoms with E-state index in [2.05, 4.69) is 16.0 Å². The molecule has 0 atom stereocenters. The van der Waals surface area contributed by atoms with Gasteiger partial charge in [0.05, 0.1) is 0 Å². The number of nitrogens with one attached hydrogen (secondary N) is 3. The highest BCUT2D eigenvalue weighted by atomic mass is 16.2. The average molecular weight is 360 g/mol. The summed E-state index contributed by atoms with van der Waals surface area (Å²) >= 11 is 0. The van der Waals surface area contributed by atoms with Gasteiger partial charge in [-0.3, -0.25) is 9.59 Å². The summed E-state index contributed by atoms with van der Waals surface area (Å²) in [6.45, 7) is 0. The van der Waals surface area contributed by atoms with Crippen molar-refractivity contribution < 1.29 is 9.59 Å². The lowest BCUT2D eigenvalue weighted by atomic mass is 10.1. The Hall–Kier alpha value is -3.80. The summed E-state index contributed by atoms with van der Waals surface area (Å²) < 4.78 is 0. The van der Waals surface area contributed by atoms with E-state index in [9.17, 15) is 9.59 Å². The fourth-order valence-corrected chi connectivity index (χ4v) is 2.47. The molecule has 27 heavy (non-hydrogen) atoms. The fourth-order valence-electron chi connectivity index (χ4n) is 2.47. The Labute approximate surface area is 157 Å². The number of hydrogen-bond acceptors (Lipinski definition) is 4. The van der Waals surface area contributed by atoms with Gasteiger partial charge in [-0.25, -0.2) is 0 Å². The first-order valence-electron chi connectivity index (χ1n) is 8.41. The lowest BCUT2D eigenvalue weighted by molar-refractivity contribution is 0.101. The van der Waals surface area contributed by atoms with Crippen molar-refractivity contribution in [3.63, 3.8) is 0 Å². The highest BCUT2D eigenvalue weighted by molar-refractivity contribution is 6.07. The van der Waals surface area contributed by atoms with Gasteiger partial charge in [-0.05, 0) is 72.8 Å². The Morgan fingerprint density at radius 3 is 1.41 bits per heavy atom. The van der Waals surface area contributed by atoms with Crippen LogP contribution in [-0.4, -0.2) is 18.9 Å². The molecule has 0 heterocycles. The molecule has 3 aromatic rings. The monoisotopic (exact) mass is 360 g/mol. The molecule has 0 aromatic heterocycles. The van der Waals surface area contributed by atoms with Crippen LogP contribution >= 0.6 is 0 Å². The van der Waals surface area contributed by atoms with Gasteiger partial charge in [-0.2, -0.15) is 0 Å². The molecule has 3 aromatic carbocycles. The van der Waals surface area contributed by atoms with Crippen molar-refractivity contribution in [1.29, 1.82) is 0 Å². The molecule has 0 bridgehead atoms. The Kier molecular flexibility index (Phi) is 5.37. The summed E-state index contributed by atoms with van der Waals surface area (Å²) in [6.07, 6.45) is 0. The predicted molar refractivity (Wildman–Crippen MR) is 109 cm³/mol. The maximum absolute atomic E-state index is 12.3. The second kappa shape index (κ2) is 8.05. The number of carbonyl (C=O) groups excluding carboxylic acids is 2. The Balaban J connectivity index is 1.63. The number of benzene rings is 3. The quantitative estimate of drug-likeness (QED) is 0.520. The van der Waals surface area contributed by atoms with Crippen molar-refractivity contribution in [3.05, 3.63) is 83.9 Å². The molecule has 0 fully saturated rings. The van der Waals surface area contributed by atoms with Crippen LogP contribution in [0, 0.1) is 0 Å². The maximum atomic E-state index is 12.3. The molecule has 136 valence electrons. The molecule has 0 saturated carbocycles. The third-order valence-corrected chi connectivity index (χ3v) is 4.01. The molecule has 6 heteroatoms. The van der Waals surface area contributed by atoms with Crippen LogP contribution in [0.1, 0.15) is 20.7 Å². The third kappa shape index (κ3) is 4.64. The van der Waals surface area contributed by atoms with Crippen LogP contribution < -0.4 is 21.7 Å². The SMILES string of the molecule is CNc1ccc(NC(=O)c2ccc(C(=O)Nc3ccc(N)cc3)cc2)cc1. The number of anilines is 4. The Morgan fingerprint density at radius 1 is 0.630 bits per heavy atom. The second-order valence-corrected chi connectivity index (χ2v) is 5.93. The minimum absolute atomic E-state index is 0.238. The molecule has 0 aliphatic heterocycles. The molecule has 0 spiro atoms. The standard InChI is InChI=1S/C21H20N4O2/c1-23-17-10-12-19(13-11-17)25-21(27)15-4-2-14(3-5-15)20(26)24-18-8-6-16(22)7-9-18/h2-13,23H,22H2,1H3,(H,24,26)(H,25,27). The first kappa shape index (κ1) is 18.0. The zero-order valence-electron chi connectivity index (χ0n) is 14.8. The van der Waals surface area contributed by atoms with Gasteiger partial charge in [-0.1, -0.05) is 0 Å². The molecule has 3 rings (SSSR count). The molecule has 5 N–H and O–H groups in total. The summed E-state index contributed by atoms with van der Waals surface area (Å²) in [6, 6.07) is 20.7. The Bertz CT molecular complexity index is 933. The lowest BCUT2D eigenvalue weighted by Crippen LogP contribution is -2.14. The van der Waals surface area contributed by atoms with E-state index in [0.717, 1.165) is 5.69 Å². The zero-order chi connectivity index (χ0) is 19.2. The smallest absolute Gasteiger partial charge is 0.255 e. The van der Waals surface area contributed by atoms with E-state index in [1.807, 2.05) is 31.3 Å². The summed E-state index contributed by atoms with van der Waals surface area (Å²) in [5, 5.41) is 8.63. The average Bonchev–Trinajstić information content (AvgIpc) is 2.70. The van der Waals surface area contributed by atoms with Gasteiger partial charge in [0.25, 0.3) is 11.8 Å². The number of rotatable bonds is 5. The van der Waals surface area contributed by atoms with Crippen molar-refractivity contribution in [1.82, 2.24) is 0 Å². The number of hydrogen-bond donors (Lipinski definition) is 4. The van der Waals surface area contributed by atoms with Crippen molar-refractivity contribution in [3.8, 4) is 0 Å². The normalized spacial score (nSPS) is 10.1. The summed E-state index contributed by atoms with van der Waals surface area (Å²) in [7, 11) is 1.83. The van der Waals surface area contributed by atoms with E-state index in [1.54, 1.807) is 48.5 Å². The topological polar surface area (TPSA) is 96.2 Å². The number of nitrogens with two attached hydrogens (primary N) is 1. The predicted octanol–water partition coefficient (Wildman–Crippen LogP) is 3.82. The van der Waals surface area contributed by atoms with Crippen molar-refractivity contribution in [2.45, 2.75) is 0 Å². The molecule has 2 amide bonds. The van der Waals surface area contributed by atoms with Gasteiger partial charge in [-0.15, -0.1) is 0 Å². The molecule has 0 radical (unpaired) electrons. The van der Waals surface area contributed by atoms with Crippen LogP contribution in [0.5, 0.6) is 0 Å². The van der Waals surface area contributed by atoms with Crippen LogP contribution in [0.4, 0.5) is 22.7 Å². The molecular weight excluding hydrogens is 340 g/mol. The van der Waals surface area contributed by atoms with E-state index in [-0.39, 0.29) is 11.8 Å². The van der Waals surface area contributed by atoms with E-state index in [1.165, 1.54) is 0 Å².